The number of benzene rings is 1. The highest BCUT2D eigenvalue weighted by molar-refractivity contribution is 5.35. The number of hydrogen-bond donors (Lipinski definition) is 1. The van der Waals surface area contributed by atoms with E-state index in [9.17, 15) is 5.11 Å². The molecule has 1 atom stereocenters. The zero-order valence-corrected chi connectivity index (χ0v) is 8.33. The first-order valence-electron chi connectivity index (χ1n) is 4.45. The van der Waals surface area contributed by atoms with Crippen LogP contribution in [0.3, 0.4) is 0 Å². The van der Waals surface area contributed by atoms with E-state index in [1.54, 1.807) is 0 Å². The Kier molecular flexibility index (Phi) is 3.47. The third kappa shape index (κ3) is 2.23. The molecule has 0 aliphatic heterocycles. The van der Waals surface area contributed by atoms with E-state index < -0.39 is 6.10 Å². The van der Waals surface area contributed by atoms with E-state index in [4.69, 9.17) is 0 Å². The van der Waals surface area contributed by atoms with Crippen LogP contribution < -0.4 is 0 Å². The zero-order valence-electron chi connectivity index (χ0n) is 8.33. The molecule has 14 heavy (non-hydrogen) atoms. The Balaban J connectivity index is 3.02. The molecule has 0 saturated heterocycles. The molecule has 1 aromatic carbocycles. The smallest absolute Gasteiger partial charge is 0.111 e. The molecular weight excluding hydrogens is 172 g/mol. The second-order valence-corrected chi connectivity index (χ2v) is 3.18. The zero-order chi connectivity index (χ0) is 10.6. The summed E-state index contributed by atoms with van der Waals surface area (Å²) in [7, 11) is 0. The Hall–Kier alpha value is -1.56. The van der Waals surface area contributed by atoms with Gasteiger partial charge in [0, 0.05) is 5.57 Å². The van der Waals surface area contributed by atoms with Crippen LogP contribution in [0.1, 0.15) is 18.6 Å². The van der Waals surface area contributed by atoms with E-state index in [-0.39, 0.29) is 0 Å². The van der Waals surface area contributed by atoms with E-state index in [0.29, 0.717) is 5.57 Å². The molecule has 1 rings (SSSR count). The lowest BCUT2D eigenvalue weighted by Crippen LogP contribution is -2.01. The van der Waals surface area contributed by atoms with Gasteiger partial charge in [0.25, 0.3) is 0 Å². The Bertz CT molecular complexity index is 369. The first-order chi connectivity index (χ1) is 6.66. The molecule has 1 aromatic rings. The molecule has 0 bridgehead atoms. The molecule has 0 aliphatic rings. The number of hydrogen-bond acceptors (Lipinski definition) is 1. The topological polar surface area (TPSA) is 20.2 Å². The Morgan fingerprint density at radius 3 is 2.36 bits per heavy atom. The van der Waals surface area contributed by atoms with Crippen LogP contribution in [0.15, 0.2) is 60.4 Å². The summed E-state index contributed by atoms with van der Waals surface area (Å²) in [6, 6.07) is 9.42. The van der Waals surface area contributed by atoms with E-state index in [1.807, 2.05) is 37.3 Å². The summed E-state index contributed by atoms with van der Waals surface area (Å²) >= 11 is 0. The standard InChI is InChI=1S/C13H14O/c1-4-12(10(2)3)13(14)11-8-6-5-7-9-11/h5-9,13-14H,1-2H2,3H3. The molecule has 0 aliphatic carbocycles. The summed E-state index contributed by atoms with van der Waals surface area (Å²) in [6.07, 6.45) is -0.675. The minimum atomic E-state index is -0.675. The molecule has 0 heterocycles. The molecule has 1 nitrogen and oxygen atoms in total. The fraction of sp³-hybridized carbons (Fsp3) is 0.154. The molecular formula is C13H14O. The fourth-order valence-corrected chi connectivity index (χ4v) is 1.28. The number of aliphatic hydroxyl groups excluding tert-OH is 1. The van der Waals surface area contributed by atoms with E-state index >= 15 is 0 Å². The van der Waals surface area contributed by atoms with Crippen LogP contribution in [0, 0.1) is 0 Å². The summed E-state index contributed by atoms with van der Waals surface area (Å²) < 4.78 is 0. The fourth-order valence-electron chi connectivity index (χ4n) is 1.28. The lowest BCUT2D eigenvalue weighted by Gasteiger charge is -2.12. The quantitative estimate of drug-likeness (QED) is 0.568. The lowest BCUT2D eigenvalue weighted by atomic mass is 9.98. The van der Waals surface area contributed by atoms with Crippen LogP contribution in [0.2, 0.25) is 0 Å². The molecule has 0 radical (unpaired) electrons. The Labute approximate surface area is 84.7 Å². The third-order valence-electron chi connectivity index (χ3n) is 2.04. The van der Waals surface area contributed by atoms with Crippen molar-refractivity contribution < 1.29 is 5.11 Å². The predicted octanol–water partition coefficient (Wildman–Crippen LogP) is 3.01. The van der Waals surface area contributed by atoms with Crippen molar-refractivity contribution in [3.05, 3.63) is 65.9 Å². The average Bonchev–Trinajstić information content (AvgIpc) is 2.19. The SMILES string of the molecule is C=C=C(C(=C)C)C(O)c1ccccc1. The highest BCUT2D eigenvalue weighted by atomic mass is 16.3. The number of rotatable bonds is 3. The Morgan fingerprint density at radius 2 is 1.93 bits per heavy atom. The summed E-state index contributed by atoms with van der Waals surface area (Å²) in [6.45, 7) is 9.15. The second kappa shape index (κ2) is 4.61. The minimum absolute atomic E-state index is 0.649. The van der Waals surface area contributed by atoms with Crippen molar-refractivity contribution in [1.29, 1.82) is 0 Å². The van der Waals surface area contributed by atoms with Crippen LogP contribution >= 0.6 is 0 Å². The van der Waals surface area contributed by atoms with Crippen molar-refractivity contribution in [2.24, 2.45) is 0 Å². The molecule has 0 fully saturated rings. The van der Waals surface area contributed by atoms with Crippen molar-refractivity contribution >= 4 is 0 Å². The molecule has 1 heteroatoms. The second-order valence-electron chi connectivity index (χ2n) is 3.18. The van der Waals surface area contributed by atoms with Gasteiger partial charge < -0.3 is 5.11 Å². The van der Waals surface area contributed by atoms with Gasteiger partial charge in [-0.3, -0.25) is 0 Å². The van der Waals surface area contributed by atoms with Crippen LogP contribution in [-0.4, -0.2) is 5.11 Å². The molecule has 0 aromatic heterocycles. The molecule has 1 N–H and O–H groups in total. The van der Waals surface area contributed by atoms with Crippen LogP contribution in [-0.2, 0) is 0 Å². The maximum absolute atomic E-state index is 9.95. The van der Waals surface area contributed by atoms with Gasteiger partial charge in [0.1, 0.15) is 6.10 Å². The highest BCUT2D eigenvalue weighted by Crippen LogP contribution is 2.24. The molecule has 0 saturated carbocycles. The monoisotopic (exact) mass is 186 g/mol. The van der Waals surface area contributed by atoms with Crippen molar-refractivity contribution in [3.8, 4) is 0 Å². The van der Waals surface area contributed by atoms with Gasteiger partial charge in [-0.25, -0.2) is 0 Å². The predicted molar refractivity (Wildman–Crippen MR) is 58.9 cm³/mol. The maximum Gasteiger partial charge on any atom is 0.111 e. The van der Waals surface area contributed by atoms with E-state index in [1.165, 1.54) is 0 Å². The summed E-state index contributed by atoms with van der Waals surface area (Å²) in [5.74, 6) is 0. The first-order valence-corrected chi connectivity index (χ1v) is 4.45. The lowest BCUT2D eigenvalue weighted by molar-refractivity contribution is 0.218. The minimum Gasteiger partial charge on any atom is -0.383 e. The van der Waals surface area contributed by atoms with Gasteiger partial charge in [0.15, 0.2) is 0 Å². The Morgan fingerprint density at radius 1 is 1.36 bits per heavy atom. The maximum atomic E-state index is 9.95. The van der Waals surface area contributed by atoms with Gasteiger partial charge in [0.2, 0.25) is 0 Å². The van der Waals surface area contributed by atoms with E-state index in [0.717, 1.165) is 11.1 Å². The molecule has 0 amide bonds. The summed E-state index contributed by atoms with van der Waals surface area (Å²) in [5.41, 5.74) is 4.99. The summed E-state index contributed by atoms with van der Waals surface area (Å²) in [4.78, 5) is 0. The van der Waals surface area contributed by atoms with Crippen LogP contribution in [0.5, 0.6) is 0 Å². The van der Waals surface area contributed by atoms with Crippen LogP contribution in [0.4, 0.5) is 0 Å². The third-order valence-corrected chi connectivity index (χ3v) is 2.04. The van der Waals surface area contributed by atoms with Gasteiger partial charge in [-0.1, -0.05) is 43.5 Å². The van der Waals surface area contributed by atoms with Crippen molar-refractivity contribution in [3.63, 3.8) is 0 Å². The number of aliphatic hydroxyl groups is 1. The van der Waals surface area contributed by atoms with Gasteiger partial charge in [-0.05, 0) is 18.1 Å². The van der Waals surface area contributed by atoms with Crippen molar-refractivity contribution in [2.45, 2.75) is 13.0 Å². The molecule has 1 unspecified atom stereocenters. The van der Waals surface area contributed by atoms with Gasteiger partial charge >= 0.3 is 0 Å². The van der Waals surface area contributed by atoms with Gasteiger partial charge in [0.05, 0.1) is 0 Å². The van der Waals surface area contributed by atoms with E-state index in [2.05, 4.69) is 18.9 Å². The largest absolute Gasteiger partial charge is 0.383 e. The van der Waals surface area contributed by atoms with Crippen molar-refractivity contribution in [1.82, 2.24) is 0 Å². The summed E-state index contributed by atoms with van der Waals surface area (Å²) in [5, 5.41) is 9.95. The van der Waals surface area contributed by atoms with Crippen molar-refractivity contribution in [2.75, 3.05) is 0 Å². The van der Waals surface area contributed by atoms with Gasteiger partial charge in [-0.15, -0.1) is 5.73 Å². The van der Waals surface area contributed by atoms with Crippen LogP contribution in [0.25, 0.3) is 0 Å². The highest BCUT2D eigenvalue weighted by Gasteiger charge is 2.12. The van der Waals surface area contributed by atoms with Gasteiger partial charge in [-0.2, -0.15) is 0 Å². The molecule has 0 spiro atoms. The average molecular weight is 186 g/mol. The molecule has 72 valence electrons. The first kappa shape index (κ1) is 10.5. The normalized spacial score (nSPS) is 11.6.